The first kappa shape index (κ1) is 12.7. The highest BCUT2D eigenvalue weighted by Gasteiger charge is 1.96. The number of hydrogen-bond donors (Lipinski definition) is 1. The monoisotopic (exact) mass is 193 g/mol. The molecular formula is C12H19NO. The largest absolute Gasteiger partial charge is 0.411 e. The minimum Gasteiger partial charge on any atom is -0.411 e. The topological polar surface area (TPSA) is 32.6 Å². The fourth-order valence-electron chi connectivity index (χ4n) is 1.03. The van der Waals surface area contributed by atoms with E-state index in [1.165, 1.54) is 11.8 Å². The van der Waals surface area contributed by atoms with Gasteiger partial charge in [0.1, 0.15) is 0 Å². The van der Waals surface area contributed by atoms with Crippen LogP contribution in [0.15, 0.2) is 29.4 Å². The van der Waals surface area contributed by atoms with E-state index < -0.39 is 0 Å². The number of benzene rings is 1. The normalized spacial score (nSPS) is 10.1. The maximum absolute atomic E-state index is 8.27. The molecule has 1 aromatic carbocycles. The smallest absolute Gasteiger partial charge is 0.0733 e. The molecule has 0 aliphatic carbocycles. The van der Waals surface area contributed by atoms with Crippen molar-refractivity contribution in [3.8, 4) is 0 Å². The molecule has 0 aromatic heterocycles. The Morgan fingerprint density at radius 1 is 1.14 bits per heavy atom. The number of rotatable bonds is 2. The molecule has 0 aliphatic heterocycles. The van der Waals surface area contributed by atoms with Crippen LogP contribution in [0.3, 0.4) is 0 Å². The van der Waals surface area contributed by atoms with Crippen molar-refractivity contribution in [3.63, 3.8) is 0 Å². The van der Waals surface area contributed by atoms with E-state index in [-0.39, 0.29) is 0 Å². The van der Waals surface area contributed by atoms with Gasteiger partial charge in [-0.1, -0.05) is 57.1 Å². The van der Waals surface area contributed by atoms with E-state index >= 15 is 0 Å². The van der Waals surface area contributed by atoms with Gasteiger partial charge < -0.3 is 5.21 Å². The summed E-state index contributed by atoms with van der Waals surface area (Å²) in [5, 5.41) is 11.2. The van der Waals surface area contributed by atoms with Crippen LogP contribution in [0.1, 0.15) is 44.7 Å². The summed E-state index contributed by atoms with van der Waals surface area (Å²) in [7, 11) is 0. The van der Waals surface area contributed by atoms with Crippen LogP contribution in [0, 0.1) is 0 Å². The Balaban J connectivity index is 0.000000791. The van der Waals surface area contributed by atoms with Crippen LogP contribution in [-0.2, 0) is 0 Å². The molecule has 1 rings (SSSR count). The van der Waals surface area contributed by atoms with Crippen molar-refractivity contribution in [3.05, 3.63) is 35.4 Å². The molecule has 78 valence electrons. The van der Waals surface area contributed by atoms with Gasteiger partial charge >= 0.3 is 0 Å². The number of hydrogen-bond acceptors (Lipinski definition) is 2. The lowest BCUT2D eigenvalue weighted by Crippen LogP contribution is -1.87. The van der Waals surface area contributed by atoms with E-state index in [1.807, 2.05) is 38.1 Å². The van der Waals surface area contributed by atoms with Crippen molar-refractivity contribution >= 4 is 6.21 Å². The summed E-state index contributed by atoms with van der Waals surface area (Å²) >= 11 is 0. The van der Waals surface area contributed by atoms with Crippen molar-refractivity contribution in [2.45, 2.75) is 33.6 Å². The van der Waals surface area contributed by atoms with Gasteiger partial charge in [0.15, 0.2) is 0 Å². The third-order valence-electron chi connectivity index (χ3n) is 1.81. The zero-order chi connectivity index (χ0) is 11.0. The Morgan fingerprint density at radius 3 is 2.00 bits per heavy atom. The van der Waals surface area contributed by atoms with Crippen molar-refractivity contribution in [2.75, 3.05) is 0 Å². The highest BCUT2D eigenvalue weighted by Crippen LogP contribution is 2.13. The van der Waals surface area contributed by atoms with Crippen LogP contribution in [-0.4, -0.2) is 11.4 Å². The lowest BCUT2D eigenvalue weighted by Gasteiger charge is -2.03. The molecule has 1 N–H and O–H groups in total. The van der Waals surface area contributed by atoms with E-state index in [9.17, 15) is 0 Å². The Kier molecular flexibility index (Phi) is 6.46. The highest BCUT2D eigenvalue weighted by molar-refractivity contribution is 5.78. The van der Waals surface area contributed by atoms with Gasteiger partial charge in [-0.2, -0.15) is 0 Å². The molecule has 2 heteroatoms. The lowest BCUT2D eigenvalue weighted by atomic mass is 10.0. The van der Waals surface area contributed by atoms with Crippen molar-refractivity contribution in [2.24, 2.45) is 5.16 Å². The fraction of sp³-hybridized carbons (Fsp3) is 0.417. The Bertz CT molecular complexity index is 262. The number of oxime groups is 1. The van der Waals surface area contributed by atoms with Gasteiger partial charge in [-0.3, -0.25) is 0 Å². The molecule has 1 aromatic rings. The molecule has 0 spiro atoms. The second-order valence-electron chi connectivity index (χ2n) is 3.07. The van der Waals surface area contributed by atoms with Gasteiger partial charge in [-0.05, 0) is 17.0 Å². The predicted octanol–water partition coefficient (Wildman–Crippen LogP) is 3.64. The first-order valence-corrected chi connectivity index (χ1v) is 5.01. The quantitative estimate of drug-likeness (QED) is 0.434. The SMILES string of the molecule is CC.CC(C)c1ccc(/C=N/O)cc1. The Hall–Kier alpha value is -1.31. The molecule has 0 saturated heterocycles. The van der Waals surface area contributed by atoms with E-state index in [4.69, 9.17) is 5.21 Å². The molecule has 14 heavy (non-hydrogen) atoms. The van der Waals surface area contributed by atoms with Crippen LogP contribution < -0.4 is 0 Å². The minimum atomic E-state index is 0.546. The molecular weight excluding hydrogens is 174 g/mol. The van der Waals surface area contributed by atoms with E-state index in [2.05, 4.69) is 19.0 Å². The molecule has 0 fully saturated rings. The van der Waals surface area contributed by atoms with E-state index in [0.717, 1.165) is 5.56 Å². The highest BCUT2D eigenvalue weighted by atomic mass is 16.4. The van der Waals surface area contributed by atoms with Crippen molar-refractivity contribution in [1.82, 2.24) is 0 Å². The summed E-state index contributed by atoms with van der Waals surface area (Å²) in [6, 6.07) is 7.97. The zero-order valence-electron chi connectivity index (χ0n) is 9.36. The molecule has 0 amide bonds. The van der Waals surface area contributed by atoms with Crippen LogP contribution in [0.2, 0.25) is 0 Å². The molecule has 0 atom stereocenters. The van der Waals surface area contributed by atoms with E-state index in [1.54, 1.807) is 0 Å². The summed E-state index contributed by atoms with van der Waals surface area (Å²) in [6.45, 7) is 8.30. The third kappa shape index (κ3) is 4.08. The zero-order valence-corrected chi connectivity index (χ0v) is 9.36. The maximum atomic E-state index is 8.27. The average Bonchev–Trinajstić information content (AvgIpc) is 2.22. The standard InChI is InChI=1S/C10H13NO.C2H6/c1-8(2)10-5-3-9(4-6-10)7-11-12;1-2/h3-8,12H,1-2H3;1-2H3/b11-7+;. The van der Waals surface area contributed by atoms with Crippen LogP contribution in [0.25, 0.3) is 0 Å². The number of nitrogens with zero attached hydrogens (tertiary/aromatic N) is 1. The summed E-state index contributed by atoms with van der Waals surface area (Å²) in [6.07, 6.45) is 1.42. The lowest BCUT2D eigenvalue weighted by molar-refractivity contribution is 0.322. The summed E-state index contributed by atoms with van der Waals surface area (Å²) in [4.78, 5) is 0. The predicted molar refractivity (Wildman–Crippen MR) is 61.3 cm³/mol. The first-order valence-electron chi connectivity index (χ1n) is 5.01. The second-order valence-corrected chi connectivity index (χ2v) is 3.07. The fourth-order valence-corrected chi connectivity index (χ4v) is 1.03. The van der Waals surface area contributed by atoms with Gasteiger partial charge in [-0.25, -0.2) is 0 Å². The molecule has 0 radical (unpaired) electrons. The van der Waals surface area contributed by atoms with Crippen molar-refractivity contribution in [1.29, 1.82) is 0 Å². The average molecular weight is 193 g/mol. The third-order valence-corrected chi connectivity index (χ3v) is 1.81. The first-order chi connectivity index (χ1) is 6.74. The van der Waals surface area contributed by atoms with Crippen LogP contribution in [0.4, 0.5) is 0 Å². The molecule has 0 aliphatic rings. The summed E-state index contributed by atoms with van der Waals surface area (Å²) in [5.74, 6) is 0.546. The van der Waals surface area contributed by atoms with Crippen LogP contribution >= 0.6 is 0 Å². The van der Waals surface area contributed by atoms with E-state index in [0.29, 0.717) is 5.92 Å². The van der Waals surface area contributed by atoms with Gasteiger partial charge in [0, 0.05) is 0 Å². The molecule has 0 heterocycles. The summed E-state index contributed by atoms with van der Waals surface area (Å²) in [5.41, 5.74) is 2.21. The molecule has 0 bridgehead atoms. The Morgan fingerprint density at radius 2 is 1.64 bits per heavy atom. The van der Waals surface area contributed by atoms with Gasteiger partial charge in [0.25, 0.3) is 0 Å². The van der Waals surface area contributed by atoms with Crippen molar-refractivity contribution < 1.29 is 5.21 Å². The molecule has 2 nitrogen and oxygen atoms in total. The van der Waals surface area contributed by atoms with Gasteiger partial charge in [0.2, 0.25) is 0 Å². The van der Waals surface area contributed by atoms with Gasteiger partial charge in [-0.15, -0.1) is 0 Å². The van der Waals surface area contributed by atoms with Gasteiger partial charge in [0.05, 0.1) is 6.21 Å². The molecule has 0 saturated carbocycles. The maximum Gasteiger partial charge on any atom is 0.0733 e. The summed E-state index contributed by atoms with van der Waals surface area (Å²) < 4.78 is 0. The van der Waals surface area contributed by atoms with Crippen LogP contribution in [0.5, 0.6) is 0 Å². The minimum absolute atomic E-state index is 0.546. The molecule has 0 unspecified atom stereocenters. The second kappa shape index (κ2) is 7.13. The Labute approximate surface area is 86.3 Å².